The lowest BCUT2D eigenvalue weighted by molar-refractivity contribution is -0.140. The topological polar surface area (TPSA) is 411 Å². The number of carboxylic acid groups (broad SMARTS) is 2. The SMILES string of the molecule is CCCCCC(NC(=O)C(Cc1ccc(O)cc1)NC(=O)C(CCC(=O)O)NC(=O)C(CCC(=O)O)NC(=O)C(NC(=O)C(CCCCC)NC(=O)C(Cc1ccccc1)NC(=O)C(CC=O)NC(=O)C(CC=O)NC)C(C)O)C(C)=O. The first-order valence-corrected chi connectivity index (χ1v) is 27.4. The molecule has 0 saturated carbocycles. The molecule has 0 aliphatic rings. The smallest absolute Gasteiger partial charge is 0.303 e. The average Bonchev–Trinajstić information content (AvgIpc) is 3.43. The minimum Gasteiger partial charge on any atom is -0.508 e. The number of carboxylic acids is 2. The molecule has 0 bridgehead atoms. The van der Waals surface area contributed by atoms with Gasteiger partial charge in [0.1, 0.15) is 60.6 Å². The fraction of sp³-hybridized carbons (Fsp3) is 0.554. The van der Waals surface area contributed by atoms with Gasteiger partial charge in [0.2, 0.25) is 47.3 Å². The number of likely N-dealkylation sites (N-methyl/N-ethyl adjacent to an activating group) is 1. The van der Waals surface area contributed by atoms with Gasteiger partial charge in [-0.15, -0.1) is 0 Å². The standard InChI is InChI=1S/C56H81N9O17/c1-6-8-11-17-38(33(3)68)58-54(80)45(32-36-19-21-37(70)22-20-36)63-51(77)41(23-25-46(71)72)60-50(76)42(24-26-47(73)74)62-56(82)48(34(4)69)65-53(79)40(18-12-9-7-2)59-55(81)44(31-35-15-13-10-14-16-35)64-52(78)43(28-30-67)61-49(75)39(57-5)27-29-66/h10,13-16,19-22,29-30,34,38-45,48,57,69-70H,6-9,11-12,17-18,23-28,31-32H2,1-5H3,(H,58,80)(H,59,81)(H,60,76)(H,61,75)(H,62,82)(H,63,77)(H,64,78)(H,65,79)(H,71,72)(H,73,74). The summed E-state index contributed by atoms with van der Waals surface area (Å²) in [5.41, 5.74) is 0.987. The molecule has 10 unspecified atom stereocenters. The molecule has 0 fully saturated rings. The number of rotatable bonds is 41. The van der Waals surface area contributed by atoms with Gasteiger partial charge in [0, 0.05) is 38.5 Å². The number of aromatic hydroxyl groups is 1. The second-order valence-electron chi connectivity index (χ2n) is 19.8. The van der Waals surface area contributed by atoms with E-state index in [2.05, 4.69) is 47.9 Å². The minimum absolute atomic E-state index is 0.0469. The van der Waals surface area contributed by atoms with E-state index in [0.29, 0.717) is 55.8 Å². The van der Waals surface area contributed by atoms with E-state index >= 15 is 0 Å². The third-order valence-electron chi connectivity index (χ3n) is 13.1. The number of hydrogen-bond donors (Lipinski definition) is 13. The van der Waals surface area contributed by atoms with Gasteiger partial charge in [-0.25, -0.2) is 0 Å². The van der Waals surface area contributed by atoms with Crippen molar-refractivity contribution >= 4 is 77.6 Å². The molecule has 26 heteroatoms. The summed E-state index contributed by atoms with van der Waals surface area (Å²) in [6.07, 6.45) is -0.732. The number of carbonyl (C=O) groups excluding carboxylic acids is 11. The maximum absolute atomic E-state index is 14.3. The molecular formula is C56H81N9O17. The van der Waals surface area contributed by atoms with Crippen molar-refractivity contribution in [2.45, 2.75) is 191 Å². The Morgan fingerprint density at radius 3 is 1.27 bits per heavy atom. The number of phenols is 1. The molecule has 2 aromatic carbocycles. The number of Topliss-reactive ketones (excluding diaryl/α,β-unsaturated/α-hetero) is 1. The second-order valence-corrected chi connectivity index (χ2v) is 19.8. The number of unbranched alkanes of at least 4 members (excludes halogenated alkanes) is 4. The summed E-state index contributed by atoms with van der Waals surface area (Å²) in [7, 11) is 1.41. The van der Waals surface area contributed by atoms with Crippen LogP contribution in [0, 0.1) is 0 Å². The van der Waals surface area contributed by atoms with Gasteiger partial charge in [-0.3, -0.25) is 52.7 Å². The third kappa shape index (κ3) is 26.0. The van der Waals surface area contributed by atoms with E-state index in [-0.39, 0.29) is 37.2 Å². The van der Waals surface area contributed by atoms with E-state index in [1.54, 1.807) is 30.3 Å². The molecule has 2 aromatic rings. The number of amides is 8. The molecule has 82 heavy (non-hydrogen) atoms. The van der Waals surface area contributed by atoms with E-state index in [9.17, 15) is 82.8 Å². The highest BCUT2D eigenvalue weighted by atomic mass is 16.4. The number of aliphatic carboxylic acids is 2. The quantitative estimate of drug-likeness (QED) is 0.0300. The monoisotopic (exact) mass is 1150 g/mol. The Balaban J connectivity index is 2.50. The van der Waals surface area contributed by atoms with E-state index in [1.165, 1.54) is 38.2 Å². The van der Waals surface area contributed by atoms with Gasteiger partial charge in [0.05, 0.1) is 18.2 Å². The van der Waals surface area contributed by atoms with Crippen LogP contribution >= 0.6 is 0 Å². The molecule has 13 N–H and O–H groups in total. The van der Waals surface area contributed by atoms with Crippen molar-refractivity contribution in [3.05, 3.63) is 65.7 Å². The van der Waals surface area contributed by atoms with Crippen molar-refractivity contribution in [2.75, 3.05) is 7.05 Å². The predicted octanol–water partition coefficient (Wildman–Crippen LogP) is -0.318. The van der Waals surface area contributed by atoms with E-state index in [0.717, 1.165) is 19.8 Å². The highest BCUT2D eigenvalue weighted by molar-refractivity contribution is 5.99. The number of nitrogens with one attached hydrogen (secondary N) is 9. The number of hydrogen-bond acceptors (Lipinski definition) is 16. The lowest BCUT2D eigenvalue weighted by Gasteiger charge is -2.29. The zero-order valence-electron chi connectivity index (χ0n) is 47.0. The van der Waals surface area contributed by atoms with Gasteiger partial charge in [0.15, 0.2) is 5.78 Å². The van der Waals surface area contributed by atoms with Crippen molar-refractivity contribution in [1.82, 2.24) is 47.9 Å². The number of aliphatic hydroxyl groups is 1. The highest BCUT2D eigenvalue weighted by Gasteiger charge is 2.37. The first-order chi connectivity index (χ1) is 39.0. The summed E-state index contributed by atoms with van der Waals surface area (Å²) >= 11 is 0. The van der Waals surface area contributed by atoms with Gasteiger partial charge in [0.25, 0.3) is 0 Å². The number of aldehydes is 2. The van der Waals surface area contributed by atoms with Crippen LogP contribution in [0.4, 0.5) is 0 Å². The Morgan fingerprint density at radius 1 is 0.463 bits per heavy atom. The molecule has 0 radical (unpaired) electrons. The van der Waals surface area contributed by atoms with Gasteiger partial charge in [-0.2, -0.15) is 0 Å². The third-order valence-corrected chi connectivity index (χ3v) is 13.1. The van der Waals surface area contributed by atoms with Gasteiger partial charge in [-0.1, -0.05) is 94.8 Å². The Morgan fingerprint density at radius 2 is 0.829 bits per heavy atom. The summed E-state index contributed by atoms with van der Waals surface area (Å²) in [6.45, 7) is 6.23. The molecule has 0 saturated heterocycles. The van der Waals surface area contributed by atoms with Crippen molar-refractivity contribution in [3.63, 3.8) is 0 Å². The lowest BCUT2D eigenvalue weighted by Crippen LogP contribution is -2.62. The Labute approximate surface area is 476 Å². The fourth-order valence-electron chi connectivity index (χ4n) is 8.39. The lowest BCUT2D eigenvalue weighted by atomic mass is 10.0. The first kappa shape index (κ1) is 70.0. The predicted molar refractivity (Wildman–Crippen MR) is 296 cm³/mol. The van der Waals surface area contributed by atoms with Crippen molar-refractivity contribution in [3.8, 4) is 5.75 Å². The number of ketones is 1. The first-order valence-electron chi connectivity index (χ1n) is 27.4. The van der Waals surface area contributed by atoms with Gasteiger partial charge >= 0.3 is 11.9 Å². The summed E-state index contributed by atoms with van der Waals surface area (Å²) in [6, 6.07) is 0.659. The summed E-state index contributed by atoms with van der Waals surface area (Å²) in [5, 5.41) is 62.5. The van der Waals surface area contributed by atoms with Crippen molar-refractivity contribution in [2.24, 2.45) is 0 Å². The minimum atomic E-state index is -1.91. The Kier molecular flexibility index (Phi) is 32.2. The molecule has 8 amide bonds. The largest absolute Gasteiger partial charge is 0.508 e. The van der Waals surface area contributed by atoms with Crippen molar-refractivity contribution in [1.29, 1.82) is 0 Å². The maximum Gasteiger partial charge on any atom is 0.303 e. The second kappa shape index (κ2) is 37.7. The number of aliphatic hydroxyl groups excluding tert-OH is 1. The van der Waals surface area contributed by atoms with Crippen LogP contribution in [0.5, 0.6) is 5.75 Å². The molecule has 0 spiro atoms. The van der Waals surface area contributed by atoms with Gasteiger partial charge < -0.3 is 77.9 Å². The highest BCUT2D eigenvalue weighted by Crippen LogP contribution is 2.15. The molecule has 0 aliphatic heterocycles. The van der Waals surface area contributed by atoms with E-state index in [1.807, 2.05) is 13.8 Å². The summed E-state index contributed by atoms with van der Waals surface area (Å²) < 4.78 is 0. The van der Waals surface area contributed by atoms with E-state index in [4.69, 9.17) is 0 Å². The van der Waals surface area contributed by atoms with Crippen LogP contribution in [-0.2, 0) is 75.2 Å². The maximum atomic E-state index is 14.3. The Bertz CT molecular complexity index is 2460. The van der Waals surface area contributed by atoms with Gasteiger partial charge in [-0.05, 0) is 69.8 Å². The zero-order chi connectivity index (χ0) is 61.3. The summed E-state index contributed by atoms with van der Waals surface area (Å²) in [4.78, 5) is 170. The molecule has 0 heterocycles. The van der Waals surface area contributed by atoms with Crippen LogP contribution < -0.4 is 47.9 Å². The van der Waals surface area contributed by atoms with Crippen LogP contribution in [0.15, 0.2) is 54.6 Å². The normalized spacial score (nSPS) is 14.6. The van der Waals surface area contributed by atoms with Crippen LogP contribution in [0.2, 0.25) is 0 Å². The van der Waals surface area contributed by atoms with Crippen LogP contribution in [0.25, 0.3) is 0 Å². The van der Waals surface area contributed by atoms with E-state index < -0.39 is 152 Å². The zero-order valence-corrected chi connectivity index (χ0v) is 47.0. The number of carbonyl (C=O) groups is 13. The van der Waals surface area contributed by atoms with Crippen LogP contribution in [-0.4, -0.2) is 166 Å². The van der Waals surface area contributed by atoms with Crippen molar-refractivity contribution < 1.29 is 82.8 Å². The number of benzene rings is 2. The number of phenolic OH excluding ortho intramolecular Hbond substituents is 1. The Hall–Kier alpha value is -8.13. The van der Waals surface area contributed by atoms with Crippen LogP contribution in [0.1, 0.15) is 129 Å². The fourth-order valence-corrected chi connectivity index (χ4v) is 8.39. The molecule has 2 rings (SSSR count). The molecule has 26 nitrogen and oxygen atoms in total. The molecule has 0 aliphatic carbocycles. The summed E-state index contributed by atoms with van der Waals surface area (Å²) in [5.74, 6) is -11.3. The molecule has 0 aromatic heterocycles. The molecule has 10 atom stereocenters. The molecular weight excluding hydrogens is 1070 g/mol. The molecule has 452 valence electrons. The average molecular weight is 1150 g/mol. The van der Waals surface area contributed by atoms with Crippen LogP contribution in [0.3, 0.4) is 0 Å².